The van der Waals surface area contributed by atoms with Gasteiger partial charge in [0.15, 0.2) is 0 Å². The van der Waals surface area contributed by atoms with Crippen LogP contribution in [0.2, 0.25) is 0 Å². The van der Waals surface area contributed by atoms with Gasteiger partial charge in [-0.25, -0.2) is 14.0 Å². The Hall–Kier alpha value is -3.36. The summed E-state index contributed by atoms with van der Waals surface area (Å²) in [5.41, 5.74) is 0.732. The summed E-state index contributed by atoms with van der Waals surface area (Å²) in [5, 5.41) is 5.06. The lowest BCUT2D eigenvalue weighted by Gasteiger charge is -2.20. The van der Waals surface area contributed by atoms with Crippen molar-refractivity contribution in [2.24, 2.45) is 0 Å². The van der Waals surface area contributed by atoms with Crippen LogP contribution in [0.1, 0.15) is 66.7 Å². The summed E-state index contributed by atoms with van der Waals surface area (Å²) >= 11 is 0. The molecule has 0 aliphatic rings. The average Bonchev–Trinajstić information content (AvgIpc) is 2.89. The Morgan fingerprint density at radius 1 is 1.06 bits per heavy atom. The van der Waals surface area contributed by atoms with Gasteiger partial charge in [-0.05, 0) is 72.2 Å². The fourth-order valence-corrected chi connectivity index (χ4v) is 2.88. The van der Waals surface area contributed by atoms with Crippen LogP contribution in [0.4, 0.5) is 20.6 Å². The fraction of sp³-hybridized carbons (Fsp3) is 0.409. The first kappa shape index (κ1) is 23.9. The number of anilines is 2. The van der Waals surface area contributed by atoms with E-state index in [0.717, 1.165) is 12.1 Å². The number of aromatic nitrogens is 1. The Morgan fingerprint density at radius 3 is 2.29 bits per heavy atom. The van der Waals surface area contributed by atoms with Crippen LogP contribution in [0.5, 0.6) is 0 Å². The Morgan fingerprint density at radius 2 is 1.71 bits per heavy atom. The van der Waals surface area contributed by atoms with E-state index in [4.69, 9.17) is 9.47 Å². The maximum Gasteiger partial charge on any atom is 0.412 e. The average molecular weight is 433 g/mol. The monoisotopic (exact) mass is 433 g/mol. The molecule has 0 fully saturated rings. The van der Waals surface area contributed by atoms with Crippen LogP contribution in [-0.2, 0) is 9.47 Å². The number of carbonyl (C=O) groups is 3. The minimum atomic E-state index is -0.750. The molecule has 3 N–H and O–H groups in total. The number of aryl methyl sites for hydroxylation is 1. The van der Waals surface area contributed by atoms with Crippen LogP contribution in [-0.4, -0.2) is 34.7 Å². The van der Waals surface area contributed by atoms with Crippen molar-refractivity contribution in [3.8, 4) is 0 Å². The lowest BCUT2D eigenvalue weighted by Crippen LogP contribution is -2.27. The number of amides is 2. The molecule has 2 aromatic rings. The number of hydrogen-bond donors (Lipinski definition) is 3. The molecule has 31 heavy (non-hydrogen) atoms. The lowest BCUT2D eigenvalue weighted by atomic mass is 10.1. The minimum Gasteiger partial charge on any atom is -0.459 e. The van der Waals surface area contributed by atoms with E-state index in [1.807, 2.05) is 0 Å². The molecule has 0 atom stereocenters. The maximum atomic E-state index is 13.8. The largest absolute Gasteiger partial charge is 0.459 e. The second kappa shape index (κ2) is 9.20. The zero-order valence-electron chi connectivity index (χ0n) is 18.7. The van der Waals surface area contributed by atoms with Crippen molar-refractivity contribution in [3.05, 3.63) is 46.5 Å². The van der Waals surface area contributed by atoms with E-state index < -0.39 is 29.4 Å². The highest BCUT2D eigenvalue weighted by Gasteiger charge is 2.24. The molecule has 168 valence electrons. The third-order valence-corrected chi connectivity index (χ3v) is 4.08. The van der Waals surface area contributed by atoms with E-state index >= 15 is 0 Å². The zero-order chi connectivity index (χ0) is 23.5. The molecule has 0 bridgehead atoms. The third-order valence-electron chi connectivity index (χ3n) is 4.08. The molecule has 1 aromatic carbocycles. The smallest absolute Gasteiger partial charge is 0.412 e. The number of ether oxygens (including phenoxy) is 2. The van der Waals surface area contributed by atoms with Crippen LogP contribution in [0.15, 0.2) is 18.2 Å². The number of nitrogens with one attached hydrogen (secondary N) is 3. The Bertz CT molecular complexity index is 1010. The van der Waals surface area contributed by atoms with Gasteiger partial charge in [0.2, 0.25) is 0 Å². The van der Waals surface area contributed by atoms with Crippen molar-refractivity contribution in [2.45, 2.75) is 60.2 Å². The fourth-order valence-electron chi connectivity index (χ4n) is 2.88. The summed E-state index contributed by atoms with van der Waals surface area (Å²) in [4.78, 5) is 40.2. The number of H-pyrrole nitrogens is 1. The highest BCUT2D eigenvalue weighted by molar-refractivity contribution is 6.08. The van der Waals surface area contributed by atoms with Gasteiger partial charge >= 0.3 is 12.1 Å². The van der Waals surface area contributed by atoms with Gasteiger partial charge in [0.1, 0.15) is 17.1 Å². The van der Waals surface area contributed by atoms with Crippen molar-refractivity contribution in [1.82, 2.24) is 4.98 Å². The molecular weight excluding hydrogens is 405 g/mol. The van der Waals surface area contributed by atoms with E-state index in [2.05, 4.69) is 15.6 Å². The lowest BCUT2D eigenvalue weighted by molar-refractivity contribution is 0.0376. The molecule has 0 saturated carbocycles. The minimum absolute atomic E-state index is 0.0359. The first-order valence-corrected chi connectivity index (χ1v) is 9.79. The predicted molar refractivity (Wildman–Crippen MR) is 115 cm³/mol. The van der Waals surface area contributed by atoms with Crippen LogP contribution < -0.4 is 10.6 Å². The molecule has 2 amide bonds. The van der Waals surface area contributed by atoms with Gasteiger partial charge in [0.05, 0.1) is 23.0 Å². The van der Waals surface area contributed by atoms with Crippen molar-refractivity contribution >= 4 is 29.3 Å². The van der Waals surface area contributed by atoms with Crippen LogP contribution in [0.3, 0.4) is 0 Å². The van der Waals surface area contributed by atoms with E-state index in [9.17, 15) is 18.8 Å². The standard InChI is InChI=1S/C22H28FN3O5/c1-11(2)30-20(28)17-12(3)18(24-13(17)4)19(27)25-16-10-14(23)8-9-15(16)26-21(29)31-22(5,6)7/h8-11,24H,1-7H3,(H,25,27)(H,26,29). The summed E-state index contributed by atoms with van der Waals surface area (Å²) in [6.45, 7) is 11.8. The number of esters is 1. The molecule has 0 aliphatic carbocycles. The summed E-state index contributed by atoms with van der Waals surface area (Å²) < 4.78 is 24.2. The summed E-state index contributed by atoms with van der Waals surface area (Å²) in [6.07, 6.45) is -1.06. The number of benzene rings is 1. The van der Waals surface area contributed by atoms with Gasteiger partial charge in [0.25, 0.3) is 5.91 Å². The van der Waals surface area contributed by atoms with Gasteiger partial charge in [-0.2, -0.15) is 0 Å². The van der Waals surface area contributed by atoms with E-state index in [1.165, 1.54) is 6.07 Å². The molecule has 1 heterocycles. The molecule has 9 heteroatoms. The zero-order valence-corrected chi connectivity index (χ0v) is 18.7. The predicted octanol–water partition coefficient (Wildman–Crippen LogP) is 4.94. The van der Waals surface area contributed by atoms with E-state index in [0.29, 0.717) is 11.3 Å². The van der Waals surface area contributed by atoms with Gasteiger partial charge in [-0.15, -0.1) is 0 Å². The number of carbonyl (C=O) groups excluding carboxylic acids is 3. The molecule has 0 radical (unpaired) electrons. The molecule has 0 spiro atoms. The normalized spacial score (nSPS) is 11.3. The van der Waals surface area contributed by atoms with E-state index in [-0.39, 0.29) is 28.7 Å². The highest BCUT2D eigenvalue weighted by Crippen LogP contribution is 2.26. The molecule has 0 saturated heterocycles. The van der Waals surface area contributed by atoms with Gasteiger partial charge in [-0.1, -0.05) is 0 Å². The number of halogens is 1. The maximum absolute atomic E-state index is 13.8. The molecule has 8 nitrogen and oxygen atoms in total. The Kier molecular flexibility index (Phi) is 7.09. The Balaban J connectivity index is 2.29. The van der Waals surface area contributed by atoms with Gasteiger partial charge in [0, 0.05) is 5.69 Å². The molecule has 0 unspecified atom stereocenters. The summed E-state index contributed by atoms with van der Waals surface area (Å²) in [5.74, 6) is -1.76. The SMILES string of the molecule is Cc1[nH]c(C(=O)Nc2cc(F)ccc2NC(=O)OC(C)(C)C)c(C)c1C(=O)OC(C)C. The van der Waals surface area contributed by atoms with Crippen molar-refractivity contribution in [2.75, 3.05) is 10.6 Å². The van der Waals surface area contributed by atoms with Crippen molar-refractivity contribution in [3.63, 3.8) is 0 Å². The van der Waals surface area contributed by atoms with Crippen molar-refractivity contribution in [1.29, 1.82) is 0 Å². The molecule has 0 aliphatic heterocycles. The first-order chi connectivity index (χ1) is 14.3. The molecular formula is C22H28FN3O5. The molecule has 1 aromatic heterocycles. The third kappa shape index (κ3) is 6.31. The van der Waals surface area contributed by atoms with Gasteiger partial charge < -0.3 is 19.8 Å². The first-order valence-electron chi connectivity index (χ1n) is 9.79. The molecule has 2 rings (SSSR count). The Labute approximate surface area is 180 Å². The van der Waals surface area contributed by atoms with Crippen LogP contribution in [0, 0.1) is 19.7 Å². The van der Waals surface area contributed by atoms with E-state index in [1.54, 1.807) is 48.5 Å². The topological polar surface area (TPSA) is 110 Å². The highest BCUT2D eigenvalue weighted by atomic mass is 19.1. The second-order valence-corrected chi connectivity index (χ2v) is 8.35. The second-order valence-electron chi connectivity index (χ2n) is 8.35. The number of hydrogen-bond acceptors (Lipinski definition) is 5. The number of aromatic amines is 1. The quantitative estimate of drug-likeness (QED) is 0.579. The number of rotatable bonds is 5. The van der Waals surface area contributed by atoms with Crippen LogP contribution in [0.25, 0.3) is 0 Å². The van der Waals surface area contributed by atoms with Crippen LogP contribution >= 0.6 is 0 Å². The summed E-state index contributed by atoms with van der Waals surface area (Å²) in [7, 11) is 0. The summed E-state index contributed by atoms with van der Waals surface area (Å²) in [6, 6.07) is 3.53. The van der Waals surface area contributed by atoms with Gasteiger partial charge in [-0.3, -0.25) is 10.1 Å². The van der Waals surface area contributed by atoms with Crippen molar-refractivity contribution < 1.29 is 28.2 Å².